The molecule has 19 heavy (non-hydrogen) atoms. The lowest BCUT2D eigenvalue weighted by Gasteiger charge is -2.17. The zero-order chi connectivity index (χ0) is 14.0. The number of hydrogen-bond acceptors (Lipinski definition) is 4. The molecule has 0 saturated heterocycles. The van der Waals surface area contributed by atoms with Gasteiger partial charge in [-0.05, 0) is 43.4 Å². The Balaban J connectivity index is 1.93. The first-order valence-corrected chi connectivity index (χ1v) is 7.97. The average molecular weight is 284 g/mol. The van der Waals surface area contributed by atoms with Crippen molar-refractivity contribution >= 4 is 10.0 Å². The van der Waals surface area contributed by atoms with Gasteiger partial charge < -0.3 is 10.4 Å². The van der Waals surface area contributed by atoms with E-state index in [4.69, 9.17) is 5.14 Å². The molecule has 0 bridgehead atoms. The Bertz CT molecular complexity index is 523. The highest BCUT2D eigenvalue weighted by Crippen LogP contribution is 2.32. The van der Waals surface area contributed by atoms with Gasteiger partial charge in [0.15, 0.2) is 0 Å². The first-order chi connectivity index (χ1) is 8.88. The Hall–Kier alpha value is -0.950. The van der Waals surface area contributed by atoms with Crippen molar-refractivity contribution in [2.45, 2.75) is 36.8 Å². The van der Waals surface area contributed by atoms with Crippen LogP contribution >= 0.6 is 0 Å². The summed E-state index contributed by atoms with van der Waals surface area (Å²) in [5.74, 6) is 0.449. The molecule has 0 spiro atoms. The third-order valence-corrected chi connectivity index (χ3v) is 4.44. The topological polar surface area (TPSA) is 92.4 Å². The fraction of sp³-hybridized carbons (Fsp3) is 0.538. The van der Waals surface area contributed by atoms with E-state index in [0.717, 1.165) is 18.4 Å². The number of sulfonamides is 1. The van der Waals surface area contributed by atoms with Crippen molar-refractivity contribution in [1.29, 1.82) is 0 Å². The van der Waals surface area contributed by atoms with Crippen molar-refractivity contribution in [2.75, 3.05) is 6.54 Å². The van der Waals surface area contributed by atoms with Crippen LogP contribution < -0.4 is 10.5 Å². The molecule has 0 amide bonds. The zero-order valence-electron chi connectivity index (χ0n) is 10.9. The summed E-state index contributed by atoms with van der Waals surface area (Å²) >= 11 is 0. The smallest absolute Gasteiger partial charge is 0.238 e. The lowest BCUT2D eigenvalue weighted by molar-refractivity contribution is 0.145. The molecule has 1 fully saturated rings. The molecule has 106 valence electrons. The average Bonchev–Trinajstić information content (AvgIpc) is 3.19. The molecular weight excluding hydrogens is 264 g/mol. The van der Waals surface area contributed by atoms with Crippen LogP contribution in [0.2, 0.25) is 0 Å². The Morgan fingerprint density at radius 2 is 1.95 bits per heavy atom. The number of hydrogen-bond donors (Lipinski definition) is 3. The van der Waals surface area contributed by atoms with Crippen LogP contribution in [0.25, 0.3) is 0 Å². The van der Waals surface area contributed by atoms with Crippen LogP contribution in [0.1, 0.15) is 31.4 Å². The number of nitrogens with two attached hydrogens (primary N) is 1. The first kappa shape index (κ1) is 14.5. The summed E-state index contributed by atoms with van der Waals surface area (Å²) in [6.07, 6.45) is 1.94. The molecule has 0 aromatic heterocycles. The minimum absolute atomic E-state index is 0.0583. The second-order valence-electron chi connectivity index (χ2n) is 5.15. The van der Waals surface area contributed by atoms with Gasteiger partial charge in [0.2, 0.25) is 10.0 Å². The van der Waals surface area contributed by atoms with E-state index in [9.17, 15) is 13.5 Å². The van der Waals surface area contributed by atoms with Crippen LogP contribution in [0.5, 0.6) is 0 Å². The maximum Gasteiger partial charge on any atom is 0.238 e. The molecule has 1 aromatic carbocycles. The zero-order valence-corrected chi connectivity index (χ0v) is 11.7. The molecule has 5 nitrogen and oxygen atoms in total. The summed E-state index contributed by atoms with van der Waals surface area (Å²) in [5.41, 5.74) is 0.968. The van der Waals surface area contributed by atoms with Crippen molar-refractivity contribution < 1.29 is 13.5 Å². The molecule has 4 N–H and O–H groups in total. The molecule has 1 aliphatic rings. The number of nitrogens with one attached hydrogen (secondary N) is 1. The van der Waals surface area contributed by atoms with Crippen molar-refractivity contribution in [3.63, 3.8) is 0 Å². The Kier molecular flexibility index (Phi) is 4.25. The summed E-state index contributed by atoms with van der Waals surface area (Å²) in [7, 11) is -3.63. The fourth-order valence-corrected chi connectivity index (χ4v) is 2.52. The molecule has 1 saturated carbocycles. The highest BCUT2D eigenvalue weighted by molar-refractivity contribution is 7.89. The third-order valence-electron chi connectivity index (χ3n) is 3.51. The normalized spacial score (nSPS) is 19.1. The van der Waals surface area contributed by atoms with Gasteiger partial charge in [0.1, 0.15) is 0 Å². The van der Waals surface area contributed by atoms with Crippen LogP contribution in [-0.4, -0.2) is 26.2 Å². The second kappa shape index (κ2) is 5.58. The summed E-state index contributed by atoms with van der Waals surface area (Å²) in [5, 5.41) is 18.1. The molecule has 0 heterocycles. The number of aliphatic hydroxyl groups is 1. The van der Waals surface area contributed by atoms with E-state index >= 15 is 0 Å². The van der Waals surface area contributed by atoms with Crippen molar-refractivity contribution in [2.24, 2.45) is 11.1 Å². The van der Waals surface area contributed by atoms with E-state index in [2.05, 4.69) is 5.32 Å². The Morgan fingerprint density at radius 1 is 1.37 bits per heavy atom. The van der Waals surface area contributed by atoms with Crippen LogP contribution in [0, 0.1) is 5.92 Å². The van der Waals surface area contributed by atoms with Crippen LogP contribution in [0.4, 0.5) is 0 Å². The van der Waals surface area contributed by atoms with Gasteiger partial charge in [-0.15, -0.1) is 0 Å². The van der Waals surface area contributed by atoms with E-state index in [1.54, 1.807) is 12.1 Å². The molecule has 0 radical (unpaired) electrons. The number of benzene rings is 1. The predicted octanol–water partition coefficient (Wildman–Crippen LogP) is 0.756. The van der Waals surface area contributed by atoms with E-state index in [0.29, 0.717) is 12.5 Å². The molecule has 1 aliphatic carbocycles. The van der Waals surface area contributed by atoms with Crippen molar-refractivity contribution in [3.05, 3.63) is 29.8 Å². The monoisotopic (exact) mass is 284 g/mol. The minimum atomic E-state index is -3.63. The Morgan fingerprint density at radius 3 is 2.42 bits per heavy atom. The number of primary sulfonamides is 1. The van der Waals surface area contributed by atoms with Gasteiger partial charge >= 0.3 is 0 Å². The molecule has 1 aromatic rings. The van der Waals surface area contributed by atoms with Gasteiger partial charge in [0.05, 0.1) is 11.0 Å². The standard InChI is InChI=1S/C13H20N2O3S/c1-9(15-8-13(16)11-2-3-11)10-4-6-12(7-5-10)19(14,17)18/h4-7,9,11,13,15-16H,2-3,8H2,1H3,(H2,14,17,18). The van der Waals surface area contributed by atoms with Gasteiger partial charge in [-0.25, -0.2) is 13.6 Å². The summed E-state index contributed by atoms with van der Waals surface area (Å²) in [6.45, 7) is 2.54. The van der Waals surface area contributed by atoms with Crippen LogP contribution in [0.3, 0.4) is 0 Å². The van der Waals surface area contributed by atoms with Gasteiger partial charge in [-0.1, -0.05) is 12.1 Å². The summed E-state index contributed by atoms with van der Waals surface area (Å²) in [4.78, 5) is 0.112. The lowest BCUT2D eigenvalue weighted by atomic mass is 10.1. The van der Waals surface area contributed by atoms with Crippen molar-refractivity contribution in [1.82, 2.24) is 5.32 Å². The molecule has 2 atom stereocenters. The first-order valence-electron chi connectivity index (χ1n) is 6.42. The number of rotatable bonds is 6. The quantitative estimate of drug-likeness (QED) is 0.719. The van der Waals surface area contributed by atoms with Gasteiger partial charge in [-0.2, -0.15) is 0 Å². The summed E-state index contributed by atoms with van der Waals surface area (Å²) < 4.78 is 22.3. The molecule has 2 rings (SSSR count). The summed E-state index contributed by atoms with van der Waals surface area (Å²) in [6, 6.07) is 6.53. The van der Waals surface area contributed by atoms with Crippen molar-refractivity contribution in [3.8, 4) is 0 Å². The Labute approximate surface area is 113 Å². The molecule has 2 unspecified atom stereocenters. The van der Waals surface area contributed by atoms with Crippen LogP contribution in [0.15, 0.2) is 29.2 Å². The largest absolute Gasteiger partial charge is 0.392 e. The van der Waals surface area contributed by atoms with E-state index in [1.165, 1.54) is 12.1 Å². The van der Waals surface area contributed by atoms with E-state index in [1.807, 2.05) is 6.92 Å². The van der Waals surface area contributed by atoms with Crippen LogP contribution in [-0.2, 0) is 10.0 Å². The van der Waals surface area contributed by atoms with Gasteiger partial charge in [-0.3, -0.25) is 0 Å². The third kappa shape index (κ3) is 4.01. The van der Waals surface area contributed by atoms with Gasteiger partial charge in [0, 0.05) is 12.6 Å². The fourth-order valence-electron chi connectivity index (χ4n) is 2.01. The van der Waals surface area contributed by atoms with E-state index in [-0.39, 0.29) is 17.0 Å². The van der Waals surface area contributed by atoms with Gasteiger partial charge in [0.25, 0.3) is 0 Å². The highest BCUT2D eigenvalue weighted by atomic mass is 32.2. The molecule has 0 aliphatic heterocycles. The second-order valence-corrected chi connectivity index (χ2v) is 6.71. The maximum atomic E-state index is 11.1. The van der Waals surface area contributed by atoms with E-state index < -0.39 is 10.0 Å². The highest BCUT2D eigenvalue weighted by Gasteiger charge is 2.29. The lowest BCUT2D eigenvalue weighted by Crippen LogP contribution is -2.30. The number of aliphatic hydroxyl groups excluding tert-OH is 1. The SMILES string of the molecule is CC(NCC(O)C1CC1)c1ccc(S(N)(=O)=O)cc1. The predicted molar refractivity (Wildman–Crippen MR) is 73.0 cm³/mol. The minimum Gasteiger partial charge on any atom is -0.392 e. The maximum absolute atomic E-state index is 11.1. The molecular formula is C13H20N2O3S. The molecule has 6 heteroatoms.